The van der Waals surface area contributed by atoms with Crippen molar-refractivity contribution in [1.29, 1.82) is 0 Å². The van der Waals surface area contributed by atoms with Crippen molar-refractivity contribution in [3.63, 3.8) is 0 Å². The molecule has 0 aromatic rings. The quantitative estimate of drug-likeness (QED) is 0.620. The molecule has 0 spiro atoms. The van der Waals surface area contributed by atoms with E-state index in [2.05, 4.69) is 12.6 Å². The van der Waals surface area contributed by atoms with E-state index in [0.29, 0.717) is 25.3 Å². The Morgan fingerprint density at radius 1 is 1.75 bits per heavy atom. The first-order chi connectivity index (χ1) is 5.65. The van der Waals surface area contributed by atoms with Gasteiger partial charge in [0.05, 0.1) is 6.10 Å². The molecule has 1 fully saturated rings. The molecule has 3 nitrogen and oxygen atoms in total. The largest absolute Gasteiger partial charge is 0.393 e. The van der Waals surface area contributed by atoms with Crippen LogP contribution in [0.2, 0.25) is 0 Å². The van der Waals surface area contributed by atoms with Crippen LogP contribution in [0.4, 0.5) is 0 Å². The van der Waals surface area contributed by atoms with Crippen molar-refractivity contribution in [2.75, 3.05) is 18.8 Å². The summed E-state index contributed by atoms with van der Waals surface area (Å²) in [6, 6.07) is 0. The van der Waals surface area contributed by atoms with Gasteiger partial charge in [-0.3, -0.25) is 4.79 Å². The molecule has 12 heavy (non-hydrogen) atoms. The van der Waals surface area contributed by atoms with Gasteiger partial charge in [0, 0.05) is 25.4 Å². The van der Waals surface area contributed by atoms with Gasteiger partial charge in [-0.05, 0) is 12.7 Å². The van der Waals surface area contributed by atoms with Crippen LogP contribution in [0.15, 0.2) is 0 Å². The van der Waals surface area contributed by atoms with E-state index in [9.17, 15) is 4.79 Å². The van der Waals surface area contributed by atoms with Crippen molar-refractivity contribution in [3.8, 4) is 0 Å². The Morgan fingerprint density at radius 3 is 2.75 bits per heavy atom. The zero-order valence-corrected chi connectivity index (χ0v) is 8.13. The molecule has 1 rings (SSSR count). The Balaban J connectivity index is 2.20. The maximum atomic E-state index is 11.2. The first-order valence-electron chi connectivity index (χ1n) is 4.22. The van der Waals surface area contributed by atoms with E-state index < -0.39 is 0 Å². The Bertz CT molecular complexity index is 166. The fourth-order valence-corrected chi connectivity index (χ4v) is 1.47. The summed E-state index contributed by atoms with van der Waals surface area (Å²) in [4.78, 5) is 13.0. The summed E-state index contributed by atoms with van der Waals surface area (Å²) in [6.45, 7) is 3.19. The van der Waals surface area contributed by atoms with Crippen LogP contribution in [0.25, 0.3) is 0 Å². The van der Waals surface area contributed by atoms with Gasteiger partial charge in [-0.2, -0.15) is 12.6 Å². The summed E-state index contributed by atoms with van der Waals surface area (Å²) in [5.41, 5.74) is 0. The number of carbonyl (C=O) groups excluding carboxylic acids is 1. The first-order valence-corrected chi connectivity index (χ1v) is 4.85. The number of aliphatic hydroxyl groups excluding tert-OH is 1. The number of aliphatic hydroxyl groups is 1. The predicted molar refractivity (Wildman–Crippen MR) is 50.2 cm³/mol. The lowest BCUT2D eigenvalue weighted by atomic mass is 9.94. The van der Waals surface area contributed by atoms with Gasteiger partial charge in [0.25, 0.3) is 0 Å². The molecular weight excluding hydrogens is 174 g/mol. The van der Waals surface area contributed by atoms with E-state index in [1.165, 1.54) is 0 Å². The smallest absolute Gasteiger partial charge is 0.223 e. The molecule has 70 valence electrons. The maximum Gasteiger partial charge on any atom is 0.223 e. The minimum atomic E-state index is -0.287. The average molecular weight is 189 g/mol. The van der Waals surface area contributed by atoms with E-state index >= 15 is 0 Å². The van der Waals surface area contributed by atoms with Gasteiger partial charge in [-0.15, -0.1) is 0 Å². The maximum absolute atomic E-state index is 11.2. The van der Waals surface area contributed by atoms with Crippen LogP contribution < -0.4 is 0 Å². The van der Waals surface area contributed by atoms with Gasteiger partial charge in [-0.1, -0.05) is 0 Å². The minimum absolute atomic E-state index is 0.155. The normalized spacial score (nSPS) is 20.4. The highest BCUT2D eigenvalue weighted by molar-refractivity contribution is 7.80. The van der Waals surface area contributed by atoms with Gasteiger partial charge in [-0.25, -0.2) is 0 Å². The van der Waals surface area contributed by atoms with E-state index in [-0.39, 0.29) is 17.9 Å². The predicted octanol–water partition coefficient (Wildman–Crippen LogP) is 0.146. The molecule has 0 radical (unpaired) electrons. The molecular formula is C8H15NO2S. The molecule has 1 saturated heterocycles. The zero-order valence-electron chi connectivity index (χ0n) is 7.23. The Labute approximate surface area is 78.2 Å². The lowest BCUT2D eigenvalue weighted by Gasteiger charge is -2.40. The van der Waals surface area contributed by atoms with E-state index in [0.717, 1.165) is 0 Å². The van der Waals surface area contributed by atoms with Gasteiger partial charge >= 0.3 is 0 Å². The molecule has 1 atom stereocenters. The third kappa shape index (κ3) is 2.14. The van der Waals surface area contributed by atoms with Crippen molar-refractivity contribution < 1.29 is 9.90 Å². The van der Waals surface area contributed by atoms with Gasteiger partial charge < -0.3 is 10.0 Å². The highest BCUT2D eigenvalue weighted by Gasteiger charge is 2.32. The molecule has 1 N–H and O–H groups in total. The number of hydrogen-bond acceptors (Lipinski definition) is 3. The van der Waals surface area contributed by atoms with Crippen LogP contribution in [0.3, 0.4) is 0 Å². The molecule has 0 aromatic carbocycles. The van der Waals surface area contributed by atoms with Gasteiger partial charge in [0.15, 0.2) is 0 Å². The van der Waals surface area contributed by atoms with Crippen LogP contribution in [-0.2, 0) is 4.79 Å². The highest BCUT2D eigenvalue weighted by Crippen LogP contribution is 2.19. The monoisotopic (exact) mass is 189 g/mol. The fraction of sp³-hybridized carbons (Fsp3) is 0.875. The molecule has 0 bridgehead atoms. The Morgan fingerprint density at radius 2 is 2.33 bits per heavy atom. The van der Waals surface area contributed by atoms with Gasteiger partial charge in [0.1, 0.15) is 0 Å². The SMILES string of the molecule is CC(O)C1CN(C(=O)CCS)C1. The Kier molecular flexibility index (Phi) is 3.40. The third-order valence-electron chi connectivity index (χ3n) is 2.27. The van der Waals surface area contributed by atoms with Crippen molar-refractivity contribution in [2.24, 2.45) is 5.92 Å². The second-order valence-corrected chi connectivity index (χ2v) is 3.72. The highest BCUT2D eigenvalue weighted by atomic mass is 32.1. The summed E-state index contributed by atoms with van der Waals surface area (Å²) in [5, 5.41) is 9.15. The molecule has 1 aliphatic rings. The van der Waals surface area contributed by atoms with E-state index in [1.807, 2.05) is 0 Å². The molecule has 1 heterocycles. The zero-order chi connectivity index (χ0) is 9.14. The van der Waals surface area contributed by atoms with E-state index in [1.54, 1.807) is 11.8 Å². The van der Waals surface area contributed by atoms with Crippen LogP contribution in [0.5, 0.6) is 0 Å². The van der Waals surface area contributed by atoms with Gasteiger partial charge in [0.2, 0.25) is 5.91 Å². The minimum Gasteiger partial charge on any atom is -0.393 e. The number of likely N-dealkylation sites (tertiary alicyclic amines) is 1. The van der Waals surface area contributed by atoms with Crippen molar-refractivity contribution in [1.82, 2.24) is 4.90 Å². The molecule has 1 unspecified atom stereocenters. The molecule has 0 aliphatic carbocycles. The summed E-state index contributed by atoms with van der Waals surface area (Å²) >= 11 is 3.98. The van der Waals surface area contributed by atoms with Crippen molar-refractivity contribution >= 4 is 18.5 Å². The third-order valence-corrected chi connectivity index (χ3v) is 2.49. The van der Waals surface area contributed by atoms with Crippen LogP contribution in [0.1, 0.15) is 13.3 Å². The topological polar surface area (TPSA) is 40.5 Å². The number of hydrogen-bond donors (Lipinski definition) is 2. The number of carbonyl (C=O) groups is 1. The van der Waals surface area contributed by atoms with Crippen LogP contribution >= 0.6 is 12.6 Å². The summed E-state index contributed by atoms with van der Waals surface area (Å²) in [7, 11) is 0. The summed E-state index contributed by atoms with van der Waals surface area (Å²) in [5.74, 6) is 1.05. The number of thiol groups is 1. The average Bonchev–Trinajstić information content (AvgIpc) is 1.82. The van der Waals surface area contributed by atoms with Crippen LogP contribution in [0, 0.1) is 5.92 Å². The second kappa shape index (κ2) is 4.14. The van der Waals surface area contributed by atoms with Crippen LogP contribution in [-0.4, -0.2) is 40.9 Å². The number of rotatable bonds is 3. The van der Waals surface area contributed by atoms with Crippen molar-refractivity contribution in [3.05, 3.63) is 0 Å². The van der Waals surface area contributed by atoms with Crippen molar-refractivity contribution in [2.45, 2.75) is 19.4 Å². The number of nitrogens with zero attached hydrogens (tertiary/aromatic N) is 1. The molecule has 0 aromatic heterocycles. The second-order valence-electron chi connectivity index (χ2n) is 3.27. The summed E-state index contributed by atoms with van der Waals surface area (Å²) < 4.78 is 0. The lowest BCUT2D eigenvalue weighted by Crippen LogP contribution is -2.53. The molecule has 1 amide bonds. The lowest BCUT2D eigenvalue weighted by molar-refractivity contribution is -0.139. The number of amides is 1. The molecule has 1 aliphatic heterocycles. The van der Waals surface area contributed by atoms with E-state index in [4.69, 9.17) is 5.11 Å². The molecule has 4 heteroatoms. The first kappa shape index (κ1) is 9.86. The summed E-state index contributed by atoms with van der Waals surface area (Å²) in [6.07, 6.45) is 0.223. The molecule has 0 saturated carbocycles. The fourth-order valence-electron chi connectivity index (χ4n) is 1.28. The standard InChI is InChI=1S/C8H15NO2S/c1-6(10)7-4-9(5-7)8(11)2-3-12/h6-7,10,12H,2-5H2,1H3. The Hall–Kier alpha value is -0.220.